The number of aromatic nitrogens is 1. The Hall–Kier alpha value is -2.69. The van der Waals surface area contributed by atoms with Gasteiger partial charge >= 0.3 is 0 Å². The summed E-state index contributed by atoms with van der Waals surface area (Å²) < 4.78 is 0. The molecule has 1 saturated heterocycles. The van der Waals surface area contributed by atoms with E-state index in [-0.39, 0.29) is 17.9 Å². The molecule has 5 nitrogen and oxygen atoms in total. The number of nitrogens with one attached hydrogen (secondary N) is 1. The minimum Gasteiger partial charge on any atom is -0.353 e. The molecule has 1 atom stereocenters. The number of likely N-dealkylation sites (tertiary alicyclic amines) is 1. The smallest absolute Gasteiger partial charge is 0.228 e. The van der Waals surface area contributed by atoms with Gasteiger partial charge in [-0.05, 0) is 49.4 Å². The Kier molecular flexibility index (Phi) is 6.12. The Morgan fingerprint density at radius 3 is 2.54 bits per heavy atom. The number of amides is 2. The molecule has 2 heterocycles. The van der Waals surface area contributed by atoms with Crippen LogP contribution in [0.2, 0.25) is 0 Å². The molecule has 3 rings (SSSR count). The van der Waals surface area contributed by atoms with E-state index >= 15 is 0 Å². The minimum atomic E-state index is -0.565. The van der Waals surface area contributed by atoms with E-state index in [4.69, 9.17) is 0 Å². The van der Waals surface area contributed by atoms with Gasteiger partial charge < -0.3 is 10.2 Å². The van der Waals surface area contributed by atoms with E-state index in [0.29, 0.717) is 32.4 Å². The fraction of sp³-hybridized carbons (Fsp3) is 0.435. The molecular formula is C23H29N3O2. The van der Waals surface area contributed by atoms with E-state index in [1.165, 1.54) is 0 Å². The summed E-state index contributed by atoms with van der Waals surface area (Å²) in [5, 5.41) is 3.08. The number of rotatable bonds is 6. The molecule has 0 saturated carbocycles. The maximum absolute atomic E-state index is 13.1. The number of benzene rings is 1. The highest BCUT2D eigenvalue weighted by atomic mass is 16.2. The Bertz CT molecular complexity index is 818. The van der Waals surface area contributed by atoms with E-state index in [1.54, 1.807) is 6.20 Å². The fourth-order valence-corrected chi connectivity index (χ4v) is 3.87. The van der Waals surface area contributed by atoms with Crippen LogP contribution in [-0.4, -0.2) is 40.8 Å². The zero-order valence-electron chi connectivity index (χ0n) is 16.9. The van der Waals surface area contributed by atoms with Crippen LogP contribution in [0.15, 0.2) is 48.8 Å². The number of carbonyl (C=O) groups excluding carboxylic acids is 2. The quantitative estimate of drug-likeness (QED) is 0.836. The SMILES string of the molecule is CCC(=O)N1CC[C@](Cc2ccc(-c3cccnc3)cc2)(C(=O)NC(C)C)C1. The molecule has 148 valence electrons. The van der Waals surface area contributed by atoms with Crippen molar-refractivity contribution in [2.45, 2.75) is 46.1 Å². The van der Waals surface area contributed by atoms with Crippen molar-refractivity contribution in [1.29, 1.82) is 0 Å². The molecule has 5 heteroatoms. The number of nitrogens with zero attached hydrogens (tertiary/aromatic N) is 2. The Morgan fingerprint density at radius 1 is 1.18 bits per heavy atom. The molecule has 28 heavy (non-hydrogen) atoms. The van der Waals surface area contributed by atoms with Crippen LogP contribution in [0, 0.1) is 5.41 Å². The van der Waals surface area contributed by atoms with Crippen LogP contribution in [0.3, 0.4) is 0 Å². The molecule has 2 aromatic rings. The monoisotopic (exact) mass is 379 g/mol. The molecule has 0 spiro atoms. The predicted octanol–water partition coefficient (Wildman–Crippen LogP) is 3.44. The lowest BCUT2D eigenvalue weighted by atomic mass is 9.79. The zero-order valence-corrected chi connectivity index (χ0v) is 16.9. The molecule has 1 N–H and O–H groups in total. The van der Waals surface area contributed by atoms with Gasteiger partial charge in [-0.25, -0.2) is 0 Å². The summed E-state index contributed by atoms with van der Waals surface area (Å²) in [4.78, 5) is 31.3. The van der Waals surface area contributed by atoms with Gasteiger partial charge in [0.1, 0.15) is 0 Å². The van der Waals surface area contributed by atoms with Crippen LogP contribution in [0.25, 0.3) is 11.1 Å². The van der Waals surface area contributed by atoms with E-state index in [9.17, 15) is 9.59 Å². The van der Waals surface area contributed by atoms with Crippen molar-refractivity contribution in [3.05, 3.63) is 54.4 Å². The van der Waals surface area contributed by atoms with Gasteiger partial charge in [0, 0.05) is 37.9 Å². The average molecular weight is 380 g/mol. The van der Waals surface area contributed by atoms with Gasteiger partial charge in [0.2, 0.25) is 11.8 Å². The summed E-state index contributed by atoms with van der Waals surface area (Å²) in [6, 6.07) is 12.3. The highest BCUT2D eigenvalue weighted by Crippen LogP contribution is 2.35. The van der Waals surface area contributed by atoms with Gasteiger partial charge in [0.15, 0.2) is 0 Å². The van der Waals surface area contributed by atoms with Crippen molar-refractivity contribution < 1.29 is 9.59 Å². The summed E-state index contributed by atoms with van der Waals surface area (Å²) in [7, 11) is 0. The molecule has 1 aliphatic rings. The number of carbonyl (C=O) groups is 2. The van der Waals surface area contributed by atoms with Gasteiger partial charge in [-0.2, -0.15) is 0 Å². The van der Waals surface area contributed by atoms with Crippen LogP contribution >= 0.6 is 0 Å². The van der Waals surface area contributed by atoms with Crippen LogP contribution in [0.1, 0.15) is 39.2 Å². The lowest BCUT2D eigenvalue weighted by Gasteiger charge is -2.29. The topological polar surface area (TPSA) is 62.3 Å². The standard InChI is InChI=1S/C23H29N3O2/c1-4-21(27)26-13-11-23(16-26,22(28)25-17(2)3)14-18-7-9-19(10-8-18)20-6-5-12-24-15-20/h5-10,12,15,17H,4,11,13-14,16H2,1-3H3,(H,25,28)/t23-/m1/s1. The second kappa shape index (κ2) is 8.55. The van der Waals surface area contributed by atoms with E-state index in [2.05, 4.69) is 34.6 Å². The third-order valence-corrected chi connectivity index (χ3v) is 5.40. The van der Waals surface area contributed by atoms with Crippen molar-refractivity contribution in [2.75, 3.05) is 13.1 Å². The molecule has 1 fully saturated rings. The summed E-state index contributed by atoms with van der Waals surface area (Å²) in [6.45, 7) is 6.94. The van der Waals surface area contributed by atoms with Crippen LogP contribution in [0.4, 0.5) is 0 Å². The molecule has 1 aliphatic heterocycles. The summed E-state index contributed by atoms with van der Waals surface area (Å²) in [6.07, 6.45) is 5.41. The third kappa shape index (κ3) is 4.41. The molecule has 0 bridgehead atoms. The van der Waals surface area contributed by atoms with Crippen LogP contribution in [-0.2, 0) is 16.0 Å². The second-order valence-electron chi connectivity index (χ2n) is 7.94. The normalized spacial score (nSPS) is 19.1. The number of hydrogen-bond acceptors (Lipinski definition) is 3. The third-order valence-electron chi connectivity index (χ3n) is 5.40. The van der Waals surface area contributed by atoms with Gasteiger partial charge in [-0.1, -0.05) is 37.3 Å². The Morgan fingerprint density at radius 2 is 1.93 bits per heavy atom. The van der Waals surface area contributed by atoms with Crippen molar-refractivity contribution in [1.82, 2.24) is 15.2 Å². The van der Waals surface area contributed by atoms with E-state index in [0.717, 1.165) is 16.7 Å². The van der Waals surface area contributed by atoms with E-state index < -0.39 is 5.41 Å². The lowest BCUT2D eigenvalue weighted by molar-refractivity contribution is -0.133. The summed E-state index contributed by atoms with van der Waals surface area (Å²) in [5.74, 6) is 0.163. The maximum Gasteiger partial charge on any atom is 0.228 e. The van der Waals surface area contributed by atoms with E-state index in [1.807, 2.05) is 44.0 Å². The van der Waals surface area contributed by atoms with Gasteiger partial charge in [-0.15, -0.1) is 0 Å². The van der Waals surface area contributed by atoms with Gasteiger partial charge in [-0.3, -0.25) is 14.6 Å². The Balaban J connectivity index is 1.82. The predicted molar refractivity (Wildman–Crippen MR) is 111 cm³/mol. The van der Waals surface area contributed by atoms with Gasteiger partial charge in [0.05, 0.1) is 5.41 Å². The molecule has 1 aromatic carbocycles. The maximum atomic E-state index is 13.1. The van der Waals surface area contributed by atoms with Crippen LogP contribution < -0.4 is 5.32 Å². The summed E-state index contributed by atoms with van der Waals surface area (Å²) in [5.41, 5.74) is 2.72. The minimum absolute atomic E-state index is 0.0465. The summed E-state index contributed by atoms with van der Waals surface area (Å²) >= 11 is 0. The Labute approximate surface area is 167 Å². The largest absolute Gasteiger partial charge is 0.353 e. The molecule has 0 unspecified atom stereocenters. The number of pyridine rings is 1. The second-order valence-corrected chi connectivity index (χ2v) is 7.94. The average Bonchev–Trinajstić information content (AvgIpc) is 3.13. The van der Waals surface area contributed by atoms with Crippen molar-refractivity contribution in [2.24, 2.45) is 5.41 Å². The number of hydrogen-bond donors (Lipinski definition) is 1. The molecule has 1 aromatic heterocycles. The molecule has 0 aliphatic carbocycles. The van der Waals surface area contributed by atoms with Crippen LogP contribution in [0.5, 0.6) is 0 Å². The van der Waals surface area contributed by atoms with Crippen molar-refractivity contribution >= 4 is 11.8 Å². The van der Waals surface area contributed by atoms with Crippen molar-refractivity contribution in [3.63, 3.8) is 0 Å². The highest BCUT2D eigenvalue weighted by Gasteiger charge is 2.45. The first-order valence-corrected chi connectivity index (χ1v) is 10.0. The first-order valence-electron chi connectivity index (χ1n) is 10.0. The highest BCUT2D eigenvalue weighted by molar-refractivity contribution is 5.86. The molecule has 0 radical (unpaired) electrons. The fourth-order valence-electron chi connectivity index (χ4n) is 3.87. The molecule has 2 amide bonds. The van der Waals surface area contributed by atoms with Gasteiger partial charge in [0.25, 0.3) is 0 Å². The lowest BCUT2D eigenvalue weighted by Crippen LogP contribution is -2.47. The first-order chi connectivity index (χ1) is 13.4. The van der Waals surface area contributed by atoms with Crippen molar-refractivity contribution in [3.8, 4) is 11.1 Å². The molecular weight excluding hydrogens is 350 g/mol. The zero-order chi connectivity index (χ0) is 20.1. The first kappa shape index (κ1) is 20.1.